The molecule has 0 bridgehead atoms. The standard InChI is InChI=1S/C12H19BN3O/c1-9(2)16(3,4)17-13-11-7-5-6-10(8-11)12(14)15/h5-8H,1-4H3,(H3,14,15)/q-1. The van der Waals surface area contributed by atoms with Crippen molar-refractivity contribution < 1.29 is 9.40 Å². The number of benzene rings is 1. The van der Waals surface area contributed by atoms with Gasteiger partial charge in [-0.1, -0.05) is 24.2 Å². The summed E-state index contributed by atoms with van der Waals surface area (Å²) in [6.45, 7) is 4.03. The van der Waals surface area contributed by atoms with Gasteiger partial charge < -0.3 is 15.1 Å². The van der Waals surface area contributed by atoms with E-state index in [0.29, 0.717) is 10.2 Å². The third-order valence-corrected chi connectivity index (χ3v) is 2.73. The van der Waals surface area contributed by atoms with Gasteiger partial charge in [0.1, 0.15) is 5.84 Å². The molecule has 0 saturated heterocycles. The summed E-state index contributed by atoms with van der Waals surface area (Å²) in [5.41, 5.74) is 7.03. The van der Waals surface area contributed by atoms with Gasteiger partial charge in [-0.25, -0.2) is 5.46 Å². The van der Waals surface area contributed by atoms with Gasteiger partial charge in [-0.3, -0.25) is 5.41 Å². The molecular weight excluding hydrogens is 213 g/mol. The highest BCUT2D eigenvalue weighted by Gasteiger charge is 2.04. The molecule has 0 spiro atoms. The molecule has 1 aromatic carbocycles. The van der Waals surface area contributed by atoms with E-state index in [9.17, 15) is 0 Å². The van der Waals surface area contributed by atoms with Gasteiger partial charge in [0.25, 0.3) is 0 Å². The van der Waals surface area contributed by atoms with Crippen LogP contribution in [0.25, 0.3) is 0 Å². The van der Waals surface area contributed by atoms with Gasteiger partial charge in [-0.05, 0) is 7.48 Å². The van der Waals surface area contributed by atoms with Crippen molar-refractivity contribution in [3.63, 3.8) is 0 Å². The molecule has 92 valence electrons. The van der Waals surface area contributed by atoms with E-state index in [1.807, 2.05) is 46.1 Å². The average molecular weight is 232 g/mol. The second-order valence-electron chi connectivity index (χ2n) is 4.56. The van der Waals surface area contributed by atoms with Crippen LogP contribution in [0.3, 0.4) is 0 Å². The lowest BCUT2D eigenvalue weighted by Crippen LogP contribution is -2.44. The number of nitrogens with two attached hydrogens (primary N) is 1. The fourth-order valence-electron chi connectivity index (χ4n) is 1.08. The smallest absolute Gasteiger partial charge is 0.122 e. The zero-order valence-electron chi connectivity index (χ0n) is 10.8. The Morgan fingerprint density at radius 1 is 1.41 bits per heavy atom. The van der Waals surface area contributed by atoms with Gasteiger partial charge in [0.15, 0.2) is 0 Å². The second kappa shape index (κ2) is 5.34. The molecule has 5 heteroatoms. The molecule has 0 atom stereocenters. The predicted molar refractivity (Wildman–Crippen MR) is 70.6 cm³/mol. The van der Waals surface area contributed by atoms with Crippen LogP contribution in [0.2, 0.25) is 0 Å². The molecule has 1 rings (SSSR count). The van der Waals surface area contributed by atoms with E-state index >= 15 is 0 Å². The number of quaternary nitrogens is 1. The summed E-state index contributed by atoms with van der Waals surface area (Å²) in [6.07, 6.45) is 0. The van der Waals surface area contributed by atoms with Crippen LogP contribution in [0.5, 0.6) is 0 Å². The van der Waals surface area contributed by atoms with Crippen LogP contribution in [0.4, 0.5) is 0 Å². The molecule has 0 amide bonds. The Morgan fingerprint density at radius 3 is 2.59 bits per heavy atom. The minimum absolute atomic E-state index is 0.0623. The maximum absolute atomic E-state index is 7.37. The molecular formula is C12H19BN3O-. The van der Waals surface area contributed by atoms with Crippen LogP contribution in [-0.4, -0.2) is 32.1 Å². The molecule has 0 aliphatic rings. The summed E-state index contributed by atoms with van der Waals surface area (Å²) in [6, 6.07) is 8.54. The van der Waals surface area contributed by atoms with Crippen molar-refractivity contribution in [2.75, 3.05) is 14.1 Å². The van der Waals surface area contributed by atoms with Crippen LogP contribution >= 0.6 is 0 Å². The summed E-state index contributed by atoms with van der Waals surface area (Å²) in [5.74, 6) is 0.0623. The van der Waals surface area contributed by atoms with Crippen LogP contribution in [0, 0.1) is 11.5 Å². The van der Waals surface area contributed by atoms with Crippen LogP contribution in [0.1, 0.15) is 19.4 Å². The molecule has 17 heavy (non-hydrogen) atoms. The zero-order valence-corrected chi connectivity index (χ0v) is 10.8. The van der Waals surface area contributed by atoms with E-state index in [4.69, 9.17) is 15.9 Å². The minimum atomic E-state index is 0.0623. The van der Waals surface area contributed by atoms with E-state index in [-0.39, 0.29) is 5.84 Å². The van der Waals surface area contributed by atoms with Crippen molar-refractivity contribution in [2.24, 2.45) is 5.73 Å². The Morgan fingerprint density at radius 2 is 2.06 bits per heavy atom. The molecule has 0 saturated carbocycles. The highest BCUT2D eigenvalue weighted by Crippen LogP contribution is 2.12. The lowest BCUT2D eigenvalue weighted by Gasteiger charge is -2.49. The number of hydrogen-bond donors (Lipinski definition) is 2. The fourth-order valence-corrected chi connectivity index (χ4v) is 1.08. The molecule has 0 aliphatic carbocycles. The van der Waals surface area contributed by atoms with Crippen molar-refractivity contribution in [2.45, 2.75) is 13.8 Å². The van der Waals surface area contributed by atoms with Crippen molar-refractivity contribution in [3.8, 4) is 0 Å². The van der Waals surface area contributed by atoms with Crippen molar-refractivity contribution in [3.05, 3.63) is 35.9 Å². The molecule has 2 radical (unpaired) electrons. The first-order valence-corrected chi connectivity index (χ1v) is 5.44. The summed E-state index contributed by atoms with van der Waals surface area (Å²) in [7, 11) is 5.60. The fraction of sp³-hybridized carbons (Fsp3) is 0.333. The topological polar surface area (TPSA) is 59.1 Å². The zero-order chi connectivity index (χ0) is 13.1. The quantitative estimate of drug-likeness (QED) is 0.197. The van der Waals surface area contributed by atoms with E-state index < -0.39 is 0 Å². The number of nitrogen functional groups attached to an aromatic ring is 1. The van der Waals surface area contributed by atoms with Crippen molar-refractivity contribution >= 4 is 18.8 Å². The highest BCUT2D eigenvalue weighted by molar-refractivity contribution is 6.46. The Bertz CT molecular complexity index is 404. The monoisotopic (exact) mass is 232 g/mol. The van der Waals surface area contributed by atoms with Gasteiger partial charge in [-0.2, -0.15) is 0 Å². The Hall–Kier alpha value is -1.33. The molecule has 0 fully saturated rings. The molecule has 0 unspecified atom stereocenters. The SMILES string of the molecule is C[C-](C)[N+](C)(C)O[B-]c1cccc(C(=N)N)c1. The van der Waals surface area contributed by atoms with E-state index in [2.05, 4.69) is 0 Å². The number of hydrogen-bond acceptors (Lipinski definition) is 2. The maximum atomic E-state index is 7.37. The number of nitrogens with zero attached hydrogens (tertiary/aromatic N) is 1. The van der Waals surface area contributed by atoms with Crippen LogP contribution in [-0.2, 0) is 4.76 Å². The Labute approximate surface area is 104 Å². The van der Waals surface area contributed by atoms with Gasteiger partial charge in [0, 0.05) is 5.56 Å². The first-order chi connectivity index (χ1) is 7.83. The molecule has 0 aromatic heterocycles. The highest BCUT2D eigenvalue weighted by atomic mass is 16.7. The van der Waals surface area contributed by atoms with Gasteiger partial charge in [-0.15, -0.1) is 19.9 Å². The second-order valence-corrected chi connectivity index (χ2v) is 4.56. The van der Waals surface area contributed by atoms with E-state index in [1.165, 1.54) is 0 Å². The van der Waals surface area contributed by atoms with E-state index in [0.717, 1.165) is 11.5 Å². The lowest BCUT2D eigenvalue weighted by molar-refractivity contribution is -1.04. The largest absolute Gasteiger partial charge is 0.515 e. The van der Waals surface area contributed by atoms with Crippen LogP contribution < -0.4 is 11.2 Å². The first kappa shape index (κ1) is 13.7. The Kier molecular flexibility index (Phi) is 4.31. The van der Waals surface area contributed by atoms with Crippen molar-refractivity contribution in [1.82, 2.24) is 0 Å². The third kappa shape index (κ3) is 3.87. The molecule has 0 aliphatic heterocycles. The normalized spacial score (nSPS) is 11.8. The summed E-state index contributed by atoms with van der Waals surface area (Å²) >= 11 is 0. The van der Waals surface area contributed by atoms with Gasteiger partial charge in [0.2, 0.25) is 0 Å². The molecule has 0 heterocycles. The number of nitrogens with one attached hydrogen (secondary N) is 1. The number of rotatable bonds is 5. The van der Waals surface area contributed by atoms with E-state index in [1.54, 1.807) is 13.5 Å². The molecule has 3 N–H and O–H groups in total. The third-order valence-electron chi connectivity index (χ3n) is 2.73. The molecule has 4 nitrogen and oxygen atoms in total. The van der Waals surface area contributed by atoms with Crippen molar-refractivity contribution in [1.29, 1.82) is 5.41 Å². The number of amidine groups is 1. The predicted octanol–water partition coefficient (Wildman–Crippen LogP) is 0.795. The summed E-state index contributed by atoms with van der Waals surface area (Å²) < 4.78 is 6.04. The molecule has 1 aromatic rings. The number of hydroxylamine groups is 3. The minimum Gasteiger partial charge on any atom is -0.515 e. The maximum Gasteiger partial charge on any atom is 0.122 e. The van der Waals surface area contributed by atoms with Gasteiger partial charge in [0.05, 0.1) is 14.1 Å². The lowest BCUT2D eigenvalue weighted by atomic mass is 9.87. The summed E-state index contributed by atoms with van der Waals surface area (Å²) in [4.78, 5) is 0. The average Bonchev–Trinajstić information content (AvgIpc) is 2.26. The summed E-state index contributed by atoms with van der Waals surface area (Å²) in [5, 5.41) is 7.37. The Balaban J connectivity index is 2.70. The first-order valence-electron chi connectivity index (χ1n) is 5.44. The van der Waals surface area contributed by atoms with Crippen LogP contribution in [0.15, 0.2) is 24.3 Å². The van der Waals surface area contributed by atoms with Gasteiger partial charge >= 0.3 is 0 Å².